The van der Waals surface area contributed by atoms with Crippen molar-refractivity contribution in [2.24, 2.45) is 0 Å². The van der Waals surface area contributed by atoms with Crippen LogP contribution < -0.4 is 5.32 Å². The normalized spacial score (nSPS) is 15.0. The lowest BCUT2D eigenvalue weighted by Crippen LogP contribution is -2.17. The minimum absolute atomic E-state index is 0.244. The van der Waals surface area contributed by atoms with Crippen molar-refractivity contribution in [3.05, 3.63) is 54.1 Å². The zero-order chi connectivity index (χ0) is 15.6. The minimum Gasteiger partial charge on any atom is -0.455 e. The van der Waals surface area contributed by atoms with Gasteiger partial charge in [-0.2, -0.15) is 0 Å². The number of carbonyl (C=O) groups excluding carboxylic acids is 1. The summed E-state index contributed by atoms with van der Waals surface area (Å²) in [5.74, 6) is 0.922. The van der Waals surface area contributed by atoms with E-state index in [4.69, 9.17) is 4.42 Å². The van der Waals surface area contributed by atoms with E-state index >= 15 is 0 Å². The molecule has 3 aromatic rings. The molecule has 23 heavy (non-hydrogen) atoms. The Bertz CT molecular complexity index is 828. The van der Waals surface area contributed by atoms with Crippen LogP contribution in [0.3, 0.4) is 0 Å². The first-order valence-electron chi connectivity index (χ1n) is 7.81. The first-order chi connectivity index (χ1) is 11.3. The third-order valence-electron chi connectivity index (χ3n) is 4.16. The largest absolute Gasteiger partial charge is 0.455 e. The summed E-state index contributed by atoms with van der Waals surface area (Å²) in [4.78, 5) is 17.8. The number of hydrogen-bond donors (Lipinski definition) is 2. The average Bonchev–Trinajstić information content (AvgIpc) is 3.29. The van der Waals surface area contributed by atoms with Gasteiger partial charge in [0.25, 0.3) is 5.91 Å². The fourth-order valence-electron chi connectivity index (χ4n) is 2.98. The number of aromatic amines is 1. The van der Waals surface area contributed by atoms with E-state index in [-0.39, 0.29) is 5.91 Å². The number of anilines is 1. The fourth-order valence-corrected chi connectivity index (χ4v) is 2.98. The number of nitrogens with one attached hydrogen (secondary N) is 2. The zero-order valence-electron chi connectivity index (χ0n) is 12.7. The molecule has 0 atom stereocenters. The Morgan fingerprint density at radius 1 is 1.30 bits per heavy atom. The molecule has 4 rings (SSSR count). The number of rotatable bonds is 4. The Labute approximate surface area is 134 Å². The van der Waals surface area contributed by atoms with E-state index in [0.29, 0.717) is 11.4 Å². The SMILES string of the molecule is O=C(Nc1c[nH]c2c#cccc12)c1ccc(CN2CCCC2)o1. The minimum atomic E-state index is -0.244. The van der Waals surface area contributed by atoms with Crippen LogP contribution in [0.15, 0.2) is 34.9 Å². The number of hydrogen-bond acceptors (Lipinski definition) is 3. The van der Waals surface area contributed by atoms with Crippen molar-refractivity contribution in [3.63, 3.8) is 0 Å². The van der Waals surface area contributed by atoms with Gasteiger partial charge in [0.15, 0.2) is 5.76 Å². The number of likely N-dealkylation sites (tertiary alicyclic amines) is 1. The monoisotopic (exact) mass is 307 g/mol. The van der Waals surface area contributed by atoms with Crippen LogP contribution in [0.2, 0.25) is 0 Å². The molecule has 1 amide bonds. The van der Waals surface area contributed by atoms with Crippen molar-refractivity contribution in [2.75, 3.05) is 18.4 Å². The maximum Gasteiger partial charge on any atom is 0.291 e. The predicted octanol–water partition coefficient (Wildman–Crippen LogP) is 3.21. The molecule has 1 fully saturated rings. The Balaban J connectivity index is 1.47. The van der Waals surface area contributed by atoms with Crippen LogP contribution in [-0.2, 0) is 6.54 Å². The van der Waals surface area contributed by atoms with E-state index in [0.717, 1.165) is 36.3 Å². The molecule has 5 nitrogen and oxygen atoms in total. The molecule has 0 aliphatic carbocycles. The van der Waals surface area contributed by atoms with Gasteiger partial charge in [0.1, 0.15) is 5.76 Å². The topological polar surface area (TPSA) is 61.3 Å². The predicted molar refractivity (Wildman–Crippen MR) is 87.1 cm³/mol. The summed E-state index contributed by atoms with van der Waals surface area (Å²) in [6.07, 6.45) is 4.23. The van der Waals surface area contributed by atoms with Crippen molar-refractivity contribution < 1.29 is 9.21 Å². The van der Waals surface area contributed by atoms with Crippen molar-refractivity contribution in [3.8, 4) is 0 Å². The molecule has 2 aromatic heterocycles. The second-order valence-corrected chi connectivity index (χ2v) is 5.80. The van der Waals surface area contributed by atoms with Gasteiger partial charge < -0.3 is 14.7 Å². The molecule has 1 aliphatic heterocycles. The van der Waals surface area contributed by atoms with Crippen LogP contribution in [0.1, 0.15) is 29.2 Å². The third kappa shape index (κ3) is 2.81. The maximum atomic E-state index is 12.4. The second-order valence-electron chi connectivity index (χ2n) is 5.80. The maximum absolute atomic E-state index is 12.4. The molecule has 116 valence electrons. The first kappa shape index (κ1) is 13.9. The smallest absolute Gasteiger partial charge is 0.291 e. The summed E-state index contributed by atoms with van der Waals surface area (Å²) in [6, 6.07) is 13.1. The standard InChI is InChI=1S/C18H17N3O2/c22-18(20-16-11-19-15-6-2-1-5-14(15)16)17-8-7-13(23-17)12-21-9-3-4-10-21/h1,5,7-8,11,19H,3-4,9-10,12H2,(H,20,22). The van der Waals surface area contributed by atoms with Gasteiger partial charge in [-0.1, -0.05) is 6.07 Å². The van der Waals surface area contributed by atoms with Gasteiger partial charge in [-0.3, -0.25) is 9.69 Å². The van der Waals surface area contributed by atoms with Gasteiger partial charge in [-0.15, -0.1) is 0 Å². The fraction of sp³-hybridized carbons (Fsp3) is 0.278. The van der Waals surface area contributed by atoms with Crippen LogP contribution in [0.25, 0.3) is 10.9 Å². The second kappa shape index (κ2) is 5.82. The lowest BCUT2D eigenvalue weighted by molar-refractivity contribution is 0.0993. The average molecular weight is 307 g/mol. The van der Waals surface area contributed by atoms with Gasteiger partial charge in [-0.05, 0) is 56.3 Å². The highest BCUT2D eigenvalue weighted by atomic mass is 16.4. The van der Waals surface area contributed by atoms with Gasteiger partial charge >= 0.3 is 0 Å². The van der Waals surface area contributed by atoms with Crippen LogP contribution in [0.5, 0.6) is 0 Å². The van der Waals surface area contributed by atoms with Gasteiger partial charge in [0.05, 0.1) is 17.7 Å². The first-order valence-corrected chi connectivity index (χ1v) is 7.81. The third-order valence-corrected chi connectivity index (χ3v) is 4.16. The summed E-state index contributed by atoms with van der Waals surface area (Å²) in [5, 5.41) is 3.78. The summed E-state index contributed by atoms with van der Waals surface area (Å²) in [5.41, 5.74) is 1.53. The Morgan fingerprint density at radius 2 is 2.17 bits per heavy atom. The number of furan rings is 1. The van der Waals surface area contributed by atoms with Crippen molar-refractivity contribution in [1.82, 2.24) is 9.88 Å². The van der Waals surface area contributed by atoms with Crippen LogP contribution in [0.4, 0.5) is 5.69 Å². The van der Waals surface area contributed by atoms with Gasteiger partial charge in [-0.25, -0.2) is 0 Å². The van der Waals surface area contributed by atoms with Gasteiger partial charge in [0.2, 0.25) is 0 Å². The number of nitrogens with zero attached hydrogens (tertiary/aromatic N) is 1. The molecule has 0 unspecified atom stereocenters. The lowest BCUT2D eigenvalue weighted by atomic mass is 10.2. The van der Waals surface area contributed by atoms with Crippen LogP contribution >= 0.6 is 0 Å². The summed E-state index contributed by atoms with van der Waals surface area (Å²) >= 11 is 0. The molecule has 2 N–H and O–H groups in total. The Morgan fingerprint density at radius 3 is 3.04 bits per heavy atom. The Hall–Kier alpha value is -2.71. The summed E-state index contributed by atoms with van der Waals surface area (Å²) in [7, 11) is 0. The quantitative estimate of drug-likeness (QED) is 0.778. The molecule has 5 heteroatoms. The lowest BCUT2D eigenvalue weighted by Gasteiger charge is -2.11. The van der Waals surface area contributed by atoms with E-state index in [1.807, 2.05) is 12.1 Å². The van der Waals surface area contributed by atoms with Crippen LogP contribution in [0, 0.1) is 12.1 Å². The molecule has 1 aromatic carbocycles. The van der Waals surface area contributed by atoms with E-state index < -0.39 is 0 Å². The zero-order valence-corrected chi connectivity index (χ0v) is 12.7. The molecule has 0 radical (unpaired) electrons. The van der Waals surface area contributed by atoms with Crippen LogP contribution in [-0.4, -0.2) is 28.9 Å². The number of fused-ring (bicyclic) bond motifs is 1. The van der Waals surface area contributed by atoms with Crippen molar-refractivity contribution >= 4 is 22.5 Å². The molecule has 0 saturated carbocycles. The molecule has 0 spiro atoms. The number of aromatic nitrogens is 1. The summed E-state index contributed by atoms with van der Waals surface area (Å²) < 4.78 is 5.69. The highest BCUT2D eigenvalue weighted by Crippen LogP contribution is 2.22. The molecule has 1 saturated heterocycles. The highest BCUT2D eigenvalue weighted by molar-refractivity contribution is 6.07. The van der Waals surface area contributed by atoms with E-state index in [9.17, 15) is 4.79 Å². The summed E-state index contributed by atoms with van der Waals surface area (Å²) in [6.45, 7) is 2.97. The number of carbonyl (C=O) groups is 1. The van der Waals surface area contributed by atoms with Crippen molar-refractivity contribution in [2.45, 2.75) is 19.4 Å². The molecule has 1 aliphatic rings. The molecule has 3 heterocycles. The molecule has 0 bridgehead atoms. The highest BCUT2D eigenvalue weighted by Gasteiger charge is 2.17. The number of amides is 1. The molecular weight excluding hydrogens is 290 g/mol. The van der Waals surface area contributed by atoms with Gasteiger partial charge in [0, 0.05) is 11.6 Å². The van der Waals surface area contributed by atoms with E-state index in [1.165, 1.54) is 12.8 Å². The number of H-pyrrole nitrogens is 1. The van der Waals surface area contributed by atoms with Crippen molar-refractivity contribution in [1.29, 1.82) is 0 Å². The Kier molecular flexibility index (Phi) is 3.52. The van der Waals surface area contributed by atoms with E-state index in [2.05, 4.69) is 27.3 Å². The molecular formula is C18H17N3O2. The van der Waals surface area contributed by atoms with E-state index in [1.54, 1.807) is 18.3 Å².